The molecule has 126 valence electrons. The first-order chi connectivity index (χ1) is 11.7. The zero-order chi connectivity index (χ0) is 16.9. The number of amides is 1. The molecule has 2 aromatic rings. The highest BCUT2D eigenvalue weighted by Crippen LogP contribution is 2.23. The number of piperidine rings is 1. The lowest BCUT2D eigenvalue weighted by molar-refractivity contribution is 0.0690. The molecule has 0 radical (unpaired) electrons. The molecule has 0 bridgehead atoms. The highest BCUT2D eigenvalue weighted by Gasteiger charge is 2.23. The number of carbonyl (C=O) groups is 1. The van der Waals surface area contributed by atoms with Gasteiger partial charge in [-0.3, -0.25) is 4.79 Å². The normalized spacial score (nSPS) is 15.3. The minimum atomic E-state index is -0.196. The molecule has 0 aromatic heterocycles. The van der Waals surface area contributed by atoms with Gasteiger partial charge in [0.05, 0.1) is 7.11 Å². The number of carbonyl (C=O) groups excluding carboxylic acids is 1. The fraction of sp³-hybridized carbons (Fsp3) is 0.350. The topological polar surface area (TPSA) is 29.5 Å². The third-order valence-electron chi connectivity index (χ3n) is 4.68. The Morgan fingerprint density at radius 1 is 1.08 bits per heavy atom. The van der Waals surface area contributed by atoms with Crippen LogP contribution in [0.4, 0.5) is 4.39 Å². The predicted octanol–water partition coefficient (Wildman–Crippen LogP) is 3.93. The maximum Gasteiger partial charge on any atom is 0.253 e. The van der Waals surface area contributed by atoms with Gasteiger partial charge in [-0.1, -0.05) is 12.1 Å². The Labute approximate surface area is 142 Å². The minimum absolute atomic E-state index is 0.0814. The first kappa shape index (κ1) is 16.5. The second-order valence-electron chi connectivity index (χ2n) is 6.29. The summed E-state index contributed by atoms with van der Waals surface area (Å²) in [5, 5.41) is 0. The number of halogens is 1. The van der Waals surface area contributed by atoms with Gasteiger partial charge in [0.25, 0.3) is 5.91 Å². The van der Waals surface area contributed by atoms with Gasteiger partial charge in [0.15, 0.2) is 0 Å². The summed E-state index contributed by atoms with van der Waals surface area (Å²) in [5.74, 6) is 1.19. The summed E-state index contributed by atoms with van der Waals surface area (Å²) in [6, 6.07) is 14.0. The number of ether oxygens (including phenoxy) is 1. The van der Waals surface area contributed by atoms with Crippen molar-refractivity contribution in [1.82, 2.24) is 4.90 Å². The Kier molecular flexibility index (Phi) is 5.14. The molecule has 1 aliphatic rings. The molecule has 0 unspecified atom stereocenters. The maximum absolute atomic E-state index is 13.0. The summed E-state index contributed by atoms with van der Waals surface area (Å²) in [6.45, 7) is 1.55. The molecule has 3 nitrogen and oxygen atoms in total. The van der Waals surface area contributed by atoms with E-state index in [-0.39, 0.29) is 11.7 Å². The molecule has 1 aliphatic heterocycles. The molecule has 1 saturated heterocycles. The van der Waals surface area contributed by atoms with Crippen LogP contribution in [0.3, 0.4) is 0 Å². The second-order valence-corrected chi connectivity index (χ2v) is 6.29. The number of hydrogen-bond acceptors (Lipinski definition) is 2. The van der Waals surface area contributed by atoms with E-state index in [4.69, 9.17) is 4.74 Å². The molecule has 1 amide bonds. The van der Waals surface area contributed by atoms with Crippen molar-refractivity contribution in [3.63, 3.8) is 0 Å². The molecular formula is C20H22FNO2. The number of benzene rings is 2. The Balaban J connectivity index is 1.54. The van der Waals surface area contributed by atoms with Crippen molar-refractivity contribution < 1.29 is 13.9 Å². The smallest absolute Gasteiger partial charge is 0.253 e. The van der Waals surface area contributed by atoms with Crippen LogP contribution in [0, 0.1) is 11.7 Å². The number of nitrogens with zero attached hydrogens (tertiary/aromatic N) is 1. The standard InChI is InChI=1S/C20H22FNO2/c1-24-19-8-4-17(5-9-19)20(23)22-12-10-16(11-13-22)14-15-2-6-18(21)7-3-15/h2-9,16H,10-14H2,1H3. The van der Waals surface area contributed by atoms with Crippen molar-refractivity contribution in [1.29, 1.82) is 0 Å². The molecule has 24 heavy (non-hydrogen) atoms. The van der Waals surface area contributed by atoms with Gasteiger partial charge >= 0.3 is 0 Å². The Morgan fingerprint density at radius 2 is 1.71 bits per heavy atom. The lowest BCUT2D eigenvalue weighted by atomic mass is 9.90. The largest absolute Gasteiger partial charge is 0.497 e. The van der Waals surface area contributed by atoms with E-state index < -0.39 is 0 Å². The van der Waals surface area contributed by atoms with E-state index in [1.165, 1.54) is 12.1 Å². The maximum atomic E-state index is 13.0. The van der Waals surface area contributed by atoms with Crippen LogP contribution in [0.2, 0.25) is 0 Å². The first-order valence-corrected chi connectivity index (χ1v) is 8.33. The minimum Gasteiger partial charge on any atom is -0.497 e. The van der Waals surface area contributed by atoms with Crippen molar-refractivity contribution in [2.45, 2.75) is 19.3 Å². The van der Waals surface area contributed by atoms with Crippen molar-refractivity contribution in [2.75, 3.05) is 20.2 Å². The molecule has 0 aliphatic carbocycles. The number of methoxy groups -OCH3 is 1. The lowest BCUT2D eigenvalue weighted by Crippen LogP contribution is -2.38. The monoisotopic (exact) mass is 327 g/mol. The van der Waals surface area contributed by atoms with Crippen LogP contribution in [0.15, 0.2) is 48.5 Å². The van der Waals surface area contributed by atoms with Gasteiger partial charge in [0.2, 0.25) is 0 Å². The summed E-state index contributed by atoms with van der Waals surface area (Å²) in [5.41, 5.74) is 1.86. The third kappa shape index (κ3) is 3.94. The summed E-state index contributed by atoms with van der Waals surface area (Å²) in [7, 11) is 1.61. The summed E-state index contributed by atoms with van der Waals surface area (Å²) in [4.78, 5) is 14.5. The molecule has 4 heteroatoms. The van der Waals surface area contributed by atoms with E-state index in [9.17, 15) is 9.18 Å². The van der Waals surface area contributed by atoms with Gasteiger partial charge < -0.3 is 9.64 Å². The first-order valence-electron chi connectivity index (χ1n) is 8.33. The highest BCUT2D eigenvalue weighted by atomic mass is 19.1. The lowest BCUT2D eigenvalue weighted by Gasteiger charge is -2.32. The quantitative estimate of drug-likeness (QED) is 0.851. The Hall–Kier alpha value is -2.36. The average molecular weight is 327 g/mol. The van der Waals surface area contributed by atoms with E-state index in [2.05, 4.69) is 0 Å². The fourth-order valence-corrected chi connectivity index (χ4v) is 3.21. The van der Waals surface area contributed by atoms with Gasteiger partial charge in [-0.15, -0.1) is 0 Å². The SMILES string of the molecule is COc1ccc(C(=O)N2CCC(Cc3ccc(F)cc3)CC2)cc1. The van der Waals surface area contributed by atoms with Gasteiger partial charge in [0, 0.05) is 18.7 Å². The molecule has 0 saturated carbocycles. The van der Waals surface area contributed by atoms with Gasteiger partial charge in [0.1, 0.15) is 11.6 Å². The number of rotatable bonds is 4. The fourth-order valence-electron chi connectivity index (χ4n) is 3.21. The summed E-state index contributed by atoms with van der Waals surface area (Å²) < 4.78 is 18.1. The second kappa shape index (κ2) is 7.47. The highest BCUT2D eigenvalue weighted by molar-refractivity contribution is 5.94. The van der Waals surface area contributed by atoms with Gasteiger partial charge in [-0.2, -0.15) is 0 Å². The zero-order valence-electron chi connectivity index (χ0n) is 13.9. The van der Waals surface area contributed by atoms with E-state index in [0.29, 0.717) is 11.5 Å². The molecule has 0 N–H and O–H groups in total. The Bertz CT molecular complexity index is 674. The summed E-state index contributed by atoms with van der Waals surface area (Å²) >= 11 is 0. The van der Waals surface area contributed by atoms with Crippen molar-refractivity contribution in [3.8, 4) is 5.75 Å². The number of hydrogen-bond donors (Lipinski definition) is 0. The van der Waals surface area contributed by atoms with Gasteiger partial charge in [-0.25, -0.2) is 4.39 Å². The summed E-state index contributed by atoms with van der Waals surface area (Å²) in [6.07, 6.45) is 2.92. The molecule has 0 spiro atoms. The molecule has 2 aromatic carbocycles. The van der Waals surface area contributed by atoms with Crippen molar-refractivity contribution >= 4 is 5.91 Å². The van der Waals surface area contributed by atoms with E-state index >= 15 is 0 Å². The van der Waals surface area contributed by atoms with Crippen LogP contribution in [0.5, 0.6) is 5.75 Å². The third-order valence-corrected chi connectivity index (χ3v) is 4.68. The van der Waals surface area contributed by atoms with Crippen LogP contribution < -0.4 is 4.74 Å². The van der Waals surface area contributed by atoms with E-state index in [1.54, 1.807) is 7.11 Å². The molecule has 0 atom stereocenters. The van der Waals surface area contributed by atoms with Crippen molar-refractivity contribution in [2.24, 2.45) is 5.92 Å². The average Bonchev–Trinajstić information content (AvgIpc) is 2.64. The predicted molar refractivity (Wildman–Crippen MR) is 91.7 cm³/mol. The van der Waals surface area contributed by atoms with Crippen LogP contribution in [0.25, 0.3) is 0 Å². The van der Waals surface area contributed by atoms with Crippen LogP contribution in [-0.4, -0.2) is 31.0 Å². The van der Waals surface area contributed by atoms with E-state index in [0.717, 1.165) is 43.7 Å². The molecular weight excluding hydrogens is 305 g/mol. The molecule has 3 rings (SSSR count). The molecule has 1 heterocycles. The van der Waals surface area contributed by atoms with Crippen LogP contribution in [-0.2, 0) is 6.42 Å². The van der Waals surface area contributed by atoms with Crippen LogP contribution >= 0.6 is 0 Å². The number of likely N-dealkylation sites (tertiary alicyclic amines) is 1. The zero-order valence-corrected chi connectivity index (χ0v) is 13.9. The molecule has 1 fully saturated rings. The van der Waals surface area contributed by atoms with E-state index in [1.807, 2.05) is 41.3 Å². The van der Waals surface area contributed by atoms with Crippen LogP contribution in [0.1, 0.15) is 28.8 Å². The van der Waals surface area contributed by atoms with Crippen molar-refractivity contribution in [3.05, 3.63) is 65.5 Å². The Morgan fingerprint density at radius 3 is 2.29 bits per heavy atom. The van der Waals surface area contributed by atoms with Gasteiger partial charge in [-0.05, 0) is 67.1 Å².